The molecule has 0 bridgehead atoms. The summed E-state index contributed by atoms with van der Waals surface area (Å²) >= 11 is 0. The number of rotatable bonds is 3. The Morgan fingerprint density at radius 1 is 1.22 bits per heavy atom. The van der Waals surface area contributed by atoms with Crippen LogP contribution in [-0.2, 0) is 11.3 Å². The van der Waals surface area contributed by atoms with E-state index < -0.39 is 0 Å². The lowest BCUT2D eigenvalue weighted by Crippen LogP contribution is -2.43. The van der Waals surface area contributed by atoms with E-state index in [1.54, 1.807) is 0 Å². The van der Waals surface area contributed by atoms with Crippen molar-refractivity contribution < 1.29 is 9.84 Å². The van der Waals surface area contributed by atoms with Crippen molar-refractivity contribution in [3.8, 4) is 6.07 Å². The zero-order chi connectivity index (χ0) is 25.0. The molecular formula is C26H30N7O2Si. The molecule has 0 saturated carbocycles. The Morgan fingerprint density at radius 2 is 2.03 bits per heavy atom. The molecule has 2 N–H and O–H groups in total. The summed E-state index contributed by atoms with van der Waals surface area (Å²) in [5, 5.41) is 27.3. The average Bonchev–Trinajstić information content (AvgIpc) is 3.44. The fraction of sp³-hybridized carbons (Fsp3) is 0.538. The van der Waals surface area contributed by atoms with Gasteiger partial charge in [0.25, 0.3) is 0 Å². The van der Waals surface area contributed by atoms with Crippen LogP contribution >= 0.6 is 0 Å². The third kappa shape index (κ3) is 3.60. The van der Waals surface area contributed by atoms with Crippen molar-refractivity contribution in [3.05, 3.63) is 35.0 Å². The van der Waals surface area contributed by atoms with E-state index in [0.717, 1.165) is 62.6 Å². The first-order valence-electron chi connectivity index (χ1n) is 12.7. The first kappa shape index (κ1) is 23.4. The minimum atomic E-state index is -0.190. The molecule has 9 nitrogen and oxygen atoms in total. The van der Waals surface area contributed by atoms with E-state index in [0.29, 0.717) is 39.7 Å². The summed E-state index contributed by atoms with van der Waals surface area (Å²) in [6.07, 6.45) is 3.16. The van der Waals surface area contributed by atoms with Crippen LogP contribution in [0.1, 0.15) is 55.8 Å². The number of anilines is 3. The Balaban J connectivity index is 1.32. The smallest absolute Gasteiger partial charge is 0.183 e. The van der Waals surface area contributed by atoms with Gasteiger partial charge in [-0.2, -0.15) is 10.4 Å². The first-order valence-corrected chi connectivity index (χ1v) is 13.3. The van der Waals surface area contributed by atoms with Gasteiger partial charge in [0.2, 0.25) is 0 Å². The van der Waals surface area contributed by atoms with Crippen LogP contribution in [0.2, 0.25) is 5.54 Å². The number of nitrogens with zero attached hydrogens (tertiary/aromatic N) is 6. The maximum absolute atomic E-state index is 10.2. The molecular weight excluding hydrogens is 470 g/mol. The first-order chi connectivity index (χ1) is 17.4. The standard InChI is InChI=1S/C26H30N7O2Si/c1-15-5-8-33(20-4-3-17(12-27)11-18(15)20)25-21-23(30-31-25)29-24(19(13-34)28-21)32-9-6-26(7-10-32)14-35-16(2)22(26)36/h3-4,11,15-16,22,34H,5-10,13-14H2,1-2H3,(H,29,30,31)/t15-,16-,22+/m0/s1. The second-order valence-electron chi connectivity index (χ2n) is 10.5. The summed E-state index contributed by atoms with van der Waals surface area (Å²) in [6, 6.07) is 8.06. The van der Waals surface area contributed by atoms with Crippen molar-refractivity contribution in [2.24, 2.45) is 5.41 Å². The number of aromatic nitrogens is 4. The molecule has 2 aromatic heterocycles. The van der Waals surface area contributed by atoms with Crippen LogP contribution in [-0.4, -0.2) is 67.9 Å². The highest BCUT2D eigenvalue weighted by atomic mass is 28.1. The van der Waals surface area contributed by atoms with E-state index in [1.165, 1.54) is 0 Å². The SMILES string of the molecule is C[C@@H]1OCC2(CCN(c3nc4[nH]nc(N5CC[C@H](C)c6cc(C#N)ccc65)c4nc3CO)CC2)[C@@H]1[Si]. The van der Waals surface area contributed by atoms with Crippen LogP contribution in [0, 0.1) is 16.7 Å². The van der Waals surface area contributed by atoms with Crippen molar-refractivity contribution in [1.29, 1.82) is 5.26 Å². The highest BCUT2D eigenvalue weighted by Gasteiger charge is 2.47. The summed E-state index contributed by atoms with van der Waals surface area (Å²) in [7, 11) is 3.94. The highest BCUT2D eigenvalue weighted by molar-refractivity contribution is 6.12. The van der Waals surface area contributed by atoms with Gasteiger partial charge < -0.3 is 19.6 Å². The van der Waals surface area contributed by atoms with Crippen molar-refractivity contribution in [2.75, 3.05) is 36.0 Å². The molecule has 2 fully saturated rings. The number of benzene rings is 1. The predicted octanol–water partition coefficient (Wildman–Crippen LogP) is 3.32. The zero-order valence-electron chi connectivity index (χ0n) is 20.7. The van der Waals surface area contributed by atoms with Gasteiger partial charge in [-0.25, -0.2) is 9.97 Å². The number of nitrogens with one attached hydrogen (secondary N) is 1. The van der Waals surface area contributed by atoms with Crippen molar-refractivity contribution in [3.63, 3.8) is 0 Å². The molecule has 3 aliphatic rings. The monoisotopic (exact) mass is 500 g/mol. The van der Waals surface area contributed by atoms with Crippen LogP contribution in [0.3, 0.4) is 0 Å². The van der Waals surface area contributed by atoms with Crippen LogP contribution in [0.5, 0.6) is 0 Å². The van der Waals surface area contributed by atoms with Gasteiger partial charge in [-0.05, 0) is 66.8 Å². The summed E-state index contributed by atoms with van der Waals surface area (Å²) in [5.74, 6) is 1.78. The van der Waals surface area contributed by atoms with Crippen LogP contribution < -0.4 is 9.80 Å². The Morgan fingerprint density at radius 3 is 2.72 bits per heavy atom. The van der Waals surface area contributed by atoms with E-state index in [9.17, 15) is 10.4 Å². The van der Waals surface area contributed by atoms with Gasteiger partial charge in [0.05, 0.1) is 31.0 Å². The lowest BCUT2D eigenvalue weighted by molar-refractivity contribution is 0.0975. The molecule has 3 atom stereocenters. The van der Waals surface area contributed by atoms with E-state index in [-0.39, 0.29) is 18.1 Å². The molecule has 3 aliphatic heterocycles. The third-order valence-corrected chi connectivity index (χ3v) is 9.50. The van der Waals surface area contributed by atoms with Gasteiger partial charge in [-0.3, -0.25) is 5.10 Å². The number of ether oxygens (including phenoxy) is 1. The summed E-state index contributed by atoms with van der Waals surface area (Å²) in [6.45, 7) is 7.37. The largest absolute Gasteiger partial charge is 0.390 e. The molecule has 0 aliphatic carbocycles. The number of fused-ring (bicyclic) bond motifs is 2. The van der Waals surface area contributed by atoms with Crippen molar-refractivity contribution in [2.45, 2.75) is 57.3 Å². The van der Waals surface area contributed by atoms with Gasteiger partial charge in [0, 0.05) is 35.6 Å². The predicted molar refractivity (Wildman–Crippen MR) is 138 cm³/mol. The number of hydrogen-bond donors (Lipinski definition) is 2. The number of aromatic amines is 1. The van der Waals surface area contributed by atoms with Gasteiger partial charge >= 0.3 is 0 Å². The molecule has 0 amide bonds. The molecule has 185 valence electrons. The quantitative estimate of drug-likeness (QED) is 0.527. The minimum Gasteiger partial charge on any atom is -0.390 e. The molecule has 36 heavy (non-hydrogen) atoms. The Kier molecular flexibility index (Phi) is 5.74. The summed E-state index contributed by atoms with van der Waals surface area (Å²) < 4.78 is 5.94. The Labute approximate surface area is 213 Å². The van der Waals surface area contributed by atoms with Crippen molar-refractivity contribution >= 4 is 38.7 Å². The van der Waals surface area contributed by atoms with Crippen molar-refractivity contribution in [1.82, 2.24) is 20.2 Å². The molecule has 6 rings (SSSR count). The van der Waals surface area contributed by atoms with Crippen LogP contribution in [0.25, 0.3) is 11.2 Å². The number of nitriles is 1. The minimum absolute atomic E-state index is 0.148. The lowest BCUT2D eigenvalue weighted by atomic mass is 9.76. The molecule has 2 saturated heterocycles. The molecule has 0 unspecified atom stereocenters. The third-order valence-electron chi connectivity index (χ3n) is 8.42. The topological polar surface area (TPSA) is 114 Å². The second-order valence-corrected chi connectivity index (χ2v) is 11.1. The second kappa shape index (κ2) is 8.83. The molecule has 5 heterocycles. The Hall–Kier alpha value is -3.00. The molecule has 1 aromatic carbocycles. The molecule has 3 aromatic rings. The van der Waals surface area contributed by atoms with Gasteiger partial charge in [0.1, 0.15) is 5.69 Å². The van der Waals surface area contributed by atoms with Gasteiger partial charge in [0.15, 0.2) is 22.8 Å². The fourth-order valence-electron chi connectivity index (χ4n) is 6.09. The van der Waals surface area contributed by atoms with Gasteiger partial charge in [-0.15, -0.1) is 0 Å². The molecule has 3 radical (unpaired) electrons. The average molecular weight is 501 g/mol. The zero-order valence-corrected chi connectivity index (χ0v) is 21.7. The summed E-state index contributed by atoms with van der Waals surface area (Å²) in [4.78, 5) is 14.1. The summed E-state index contributed by atoms with van der Waals surface area (Å²) in [5.41, 5.74) is 5.17. The van der Waals surface area contributed by atoms with E-state index in [1.807, 2.05) is 18.2 Å². The van der Waals surface area contributed by atoms with Gasteiger partial charge in [-0.1, -0.05) is 6.92 Å². The van der Waals surface area contributed by atoms with E-state index in [4.69, 9.17) is 14.7 Å². The van der Waals surface area contributed by atoms with E-state index >= 15 is 0 Å². The van der Waals surface area contributed by atoms with Crippen LogP contribution in [0.4, 0.5) is 17.3 Å². The number of H-pyrrole nitrogens is 1. The van der Waals surface area contributed by atoms with Crippen LogP contribution in [0.15, 0.2) is 18.2 Å². The maximum atomic E-state index is 10.2. The number of aliphatic hydroxyl groups is 1. The Bertz CT molecular complexity index is 1340. The molecule has 10 heteroatoms. The normalized spacial score (nSPS) is 25.4. The fourth-order valence-corrected chi connectivity index (χ4v) is 6.55. The lowest BCUT2D eigenvalue weighted by Gasteiger charge is -2.42. The molecule has 1 spiro atoms. The number of piperidine rings is 1. The van der Waals surface area contributed by atoms with E-state index in [2.05, 4.69) is 50.2 Å². The number of hydrogen-bond acceptors (Lipinski definition) is 8. The maximum Gasteiger partial charge on any atom is 0.183 e. The highest BCUT2D eigenvalue weighted by Crippen LogP contribution is 2.49. The number of aliphatic hydroxyl groups excluding tert-OH is 1.